The summed E-state index contributed by atoms with van der Waals surface area (Å²) in [5.74, 6) is 0.913. The van der Waals surface area contributed by atoms with Gasteiger partial charge in [0.2, 0.25) is 0 Å². The predicted molar refractivity (Wildman–Crippen MR) is 122 cm³/mol. The Kier molecular flexibility index (Phi) is 7.68. The number of para-hydroxylation sites is 1. The van der Waals surface area contributed by atoms with Gasteiger partial charge in [-0.1, -0.05) is 25.1 Å². The van der Waals surface area contributed by atoms with Crippen LogP contribution in [0.15, 0.2) is 29.4 Å². The van der Waals surface area contributed by atoms with Crippen molar-refractivity contribution in [2.24, 2.45) is 4.99 Å². The average Bonchev–Trinajstić information content (AvgIpc) is 3.16. The van der Waals surface area contributed by atoms with Crippen molar-refractivity contribution in [2.45, 2.75) is 44.3 Å². The topological polar surface area (TPSA) is 61.4 Å². The number of guanidine groups is 1. The maximum atomic E-state index is 5.54. The molecule has 6 heteroatoms. The zero-order chi connectivity index (χ0) is 19.8. The summed E-state index contributed by atoms with van der Waals surface area (Å²) in [5, 5.41) is 8.25. The molecule has 1 fully saturated rings. The molecule has 0 unspecified atom stereocenters. The van der Waals surface area contributed by atoms with E-state index in [-0.39, 0.29) is 4.75 Å². The van der Waals surface area contributed by atoms with Crippen molar-refractivity contribution in [2.75, 3.05) is 39.1 Å². The van der Waals surface area contributed by atoms with Crippen LogP contribution in [0, 0.1) is 0 Å². The number of H-pyrrole nitrogens is 1. The Bertz CT molecular complexity index is 780. The van der Waals surface area contributed by atoms with E-state index in [0.29, 0.717) is 0 Å². The molecule has 1 aromatic carbocycles. The molecule has 0 saturated carbocycles. The molecular weight excluding hydrogens is 368 g/mol. The first kappa shape index (κ1) is 21.1. The smallest absolute Gasteiger partial charge is 0.191 e. The van der Waals surface area contributed by atoms with Gasteiger partial charge in [0.05, 0.1) is 6.54 Å². The number of benzene rings is 1. The first-order valence-electron chi connectivity index (χ1n) is 10.4. The van der Waals surface area contributed by atoms with Gasteiger partial charge in [-0.3, -0.25) is 4.99 Å². The van der Waals surface area contributed by atoms with Crippen molar-refractivity contribution in [3.63, 3.8) is 0 Å². The molecule has 3 N–H and O–H groups in total. The quantitative estimate of drug-likeness (QED) is 0.465. The molecule has 5 nitrogen and oxygen atoms in total. The van der Waals surface area contributed by atoms with Crippen LogP contribution in [0.1, 0.15) is 37.8 Å². The van der Waals surface area contributed by atoms with E-state index in [1.807, 2.05) is 11.8 Å². The lowest BCUT2D eigenvalue weighted by Crippen LogP contribution is -2.41. The molecule has 0 spiro atoms. The van der Waals surface area contributed by atoms with Crippen molar-refractivity contribution in [3.05, 3.63) is 35.5 Å². The van der Waals surface area contributed by atoms with Crippen LogP contribution in [0.2, 0.25) is 0 Å². The Balaban J connectivity index is 1.61. The number of aromatic amines is 1. The normalized spacial score (nSPS) is 17.0. The minimum absolute atomic E-state index is 0.216. The minimum atomic E-state index is 0.216. The summed E-state index contributed by atoms with van der Waals surface area (Å²) in [4.78, 5) is 8.36. The third kappa shape index (κ3) is 5.03. The molecule has 1 aliphatic rings. The molecule has 28 heavy (non-hydrogen) atoms. The number of aromatic nitrogens is 1. The lowest BCUT2D eigenvalue weighted by molar-refractivity contribution is 0.0794. The predicted octanol–water partition coefficient (Wildman–Crippen LogP) is 3.74. The van der Waals surface area contributed by atoms with Crippen LogP contribution in [-0.4, -0.2) is 54.8 Å². The standard InChI is InChI=1S/C22H34N4OS/c1-4-17-7-6-8-19-18(15-25-20(17)19)9-12-24-21(23-5-2)26-16-22(28-3)10-13-27-14-11-22/h6-8,15,25H,4-5,9-14,16H2,1-3H3,(H2,23,24,26). The Hall–Kier alpha value is -1.66. The highest BCUT2D eigenvalue weighted by Crippen LogP contribution is 2.34. The van der Waals surface area contributed by atoms with Crippen molar-refractivity contribution in [1.82, 2.24) is 15.6 Å². The van der Waals surface area contributed by atoms with E-state index in [9.17, 15) is 0 Å². The molecule has 154 valence electrons. The zero-order valence-electron chi connectivity index (χ0n) is 17.4. The number of hydrogen-bond donors (Lipinski definition) is 3. The third-order valence-electron chi connectivity index (χ3n) is 5.66. The highest BCUT2D eigenvalue weighted by atomic mass is 32.2. The van der Waals surface area contributed by atoms with E-state index >= 15 is 0 Å². The fourth-order valence-electron chi connectivity index (χ4n) is 3.83. The van der Waals surface area contributed by atoms with Crippen LogP contribution >= 0.6 is 11.8 Å². The van der Waals surface area contributed by atoms with Crippen molar-refractivity contribution >= 4 is 28.6 Å². The summed E-state index contributed by atoms with van der Waals surface area (Å²) in [6.45, 7) is 8.58. The summed E-state index contributed by atoms with van der Waals surface area (Å²) in [5.41, 5.74) is 4.02. The highest BCUT2D eigenvalue weighted by Gasteiger charge is 2.31. The van der Waals surface area contributed by atoms with E-state index in [1.54, 1.807) is 0 Å². The van der Waals surface area contributed by atoms with Crippen molar-refractivity contribution < 1.29 is 4.74 Å². The second kappa shape index (κ2) is 10.2. The summed E-state index contributed by atoms with van der Waals surface area (Å²) >= 11 is 1.93. The number of ether oxygens (including phenoxy) is 1. The molecule has 2 aromatic rings. The van der Waals surface area contributed by atoms with Crippen molar-refractivity contribution in [3.8, 4) is 0 Å². The van der Waals surface area contributed by atoms with Gasteiger partial charge in [-0.15, -0.1) is 0 Å². The number of nitrogens with one attached hydrogen (secondary N) is 3. The summed E-state index contributed by atoms with van der Waals surface area (Å²) < 4.78 is 5.76. The van der Waals surface area contributed by atoms with E-state index in [2.05, 4.69) is 60.1 Å². The fraction of sp³-hybridized carbons (Fsp3) is 0.591. The first-order chi connectivity index (χ1) is 13.7. The Morgan fingerprint density at radius 3 is 2.75 bits per heavy atom. The van der Waals surface area contributed by atoms with Gasteiger partial charge in [0, 0.05) is 48.2 Å². The SMILES string of the molecule is CCNC(=NCC1(SC)CCOCC1)NCCc1c[nH]c2c(CC)cccc12. The second-order valence-electron chi connectivity index (χ2n) is 7.38. The highest BCUT2D eigenvalue weighted by molar-refractivity contribution is 8.00. The van der Waals surface area contributed by atoms with Gasteiger partial charge >= 0.3 is 0 Å². The van der Waals surface area contributed by atoms with Gasteiger partial charge < -0.3 is 20.4 Å². The van der Waals surface area contributed by atoms with E-state index in [0.717, 1.165) is 64.5 Å². The molecule has 1 aromatic heterocycles. The monoisotopic (exact) mass is 402 g/mol. The number of rotatable bonds is 8. The summed E-state index contributed by atoms with van der Waals surface area (Å²) in [6.07, 6.45) is 8.52. The van der Waals surface area contributed by atoms with Crippen LogP contribution in [0.5, 0.6) is 0 Å². The number of fused-ring (bicyclic) bond motifs is 1. The van der Waals surface area contributed by atoms with Gasteiger partial charge in [-0.2, -0.15) is 11.8 Å². The number of nitrogens with zero attached hydrogens (tertiary/aromatic N) is 1. The molecule has 2 heterocycles. The molecule has 0 atom stereocenters. The summed E-state index contributed by atoms with van der Waals surface area (Å²) in [6, 6.07) is 6.58. The maximum absolute atomic E-state index is 5.54. The largest absolute Gasteiger partial charge is 0.381 e. The van der Waals surface area contributed by atoms with Gasteiger partial charge in [-0.25, -0.2) is 0 Å². The number of thioether (sulfide) groups is 1. The van der Waals surface area contributed by atoms with Crippen LogP contribution < -0.4 is 10.6 Å². The number of aliphatic imine (C=N–C) groups is 1. The molecule has 0 radical (unpaired) electrons. The van der Waals surface area contributed by atoms with Gasteiger partial charge in [-0.05, 0) is 50.0 Å². The van der Waals surface area contributed by atoms with Gasteiger partial charge in [0.1, 0.15) is 0 Å². The molecule has 0 bridgehead atoms. The lowest BCUT2D eigenvalue weighted by atomic mass is 9.99. The Labute approximate surface area is 173 Å². The van der Waals surface area contributed by atoms with Crippen LogP contribution in [0.3, 0.4) is 0 Å². The number of hydrogen-bond acceptors (Lipinski definition) is 3. The van der Waals surface area contributed by atoms with Crippen LogP contribution in [0.25, 0.3) is 10.9 Å². The molecule has 1 aliphatic heterocycles. The maximum Gasteiger partial charge on any atom is 0.191 e. The Morgan fingerprint density at radius 1 is 1.21 bits per heavy atom. The lowest BCUT2D eigenvalue weighted by Gasteiger charge is -2.34. The Morgan fingerprint density at radius 2 is 2.04 bits per heavy atom. The second-order valence-corrected chi connectivity index (χ2v) is 8.65. The fourth-order valence-corrected chi connectivity index (χ4v) is 4.60. The minimum Gasteiger partial charge on any atom is -0.381 e. The average molecular weight is 403 g/mol. The van der Waals surface area contributed by atoms with Gasteiger partial charge in [0.15, 0.2) is 5.96 Å². The van der Waals surface area contributed by atoms with Crippen LogP contribution in [-0.2, 0) is 17.6 Å². The molecule has 3 rings (SSSR count). The zero-order valence-corrected chi connectivity index (χ0v) is 18.3. The molecule has 1 saturated heterocycles. The number of aryl methyl sites for hydroxylation is 1. The third-order valence-corrected chi connectivity index (χ3v) is 7.07. The summed E-state index contributed by atoms with van der Waals surface area (Å²) in [7, 11) is 0. The van der Waals surface area contributed by atoms with E-state index in [1.165, 1.54) is 22.0 Å². The molecule has 0 amide bonds. The molecule has 0 aliphatic carbocycles. The van der Waals surface area contributed by atoms with E-state index < -0.39 is 0 Å². The van der Waals surface area contributed by atoms with Crippen LogP contribution in [0.4, 0.5) is 0 Å². The first-order valence-corrected chi connectivity index (χ1v) is 11.7. The van der Waals surface area contributed by atoms with Gasteiger partial charge in [0.25, 0.3) is 0 Å². The van der Waals surface area contributed by atoms with E-state index in [4.69, 9.17) is 9.73 Å². The van der Waals surface area contributed by atoms with Crippen molar-refractivity contribution in [1.29, 1.82) is 0 Å². The molecular formula is C22H34N4OS.